The van der Waals surface area contributed by atoms with Crippen LogP contribution >= 0.6 is 11.3 Å². The summed E-state index contributed by atoms with van der Waals surface area (Å²) in [5, 5.41) is 15.4. The maximum Gasteiger partial charge on any atom is 0.138 e. The van der Waals surface area contributed by atoms with Crippen LogP contribution in [0.1, 0.15) is 19.8 Å². The van der Waals surface area contributed by atoms with Crippen LogP contribution in [-0.4, -0.2) is 25.1 Å². The quantitative estimate of drug-likeness (QED) is 0.221. The van der Waals surface area contributed by atoms with Gasteiger partial charge in [0.05, 0.1) is 23.1 Å². The number of allylic oxidation sites excluding steroid dienone is 1. The van der Waals surface area contributed by atoms with Crippen molar-refractivity contribution in [1.29, 1.82) is 0 Å². The molecule has 0 spiro atoms. The van der Waals surface area contributed by atoms with Gasteiger partial charge in [-0.3, -0.25) is 10.1 Å². The summed E-state index contributed by atoms with van der Waals surface area (Å²) in [7, 11) is 0. The van der Waals surface area contributed by atoms with E-state index in [1.165, 1.54) is 10.4 Å². The summed E-state index contributed by atoms with van der Waals surface area (Å²) >= 11 is 1.73. The number of benzene rings is 1. The second kappa shape index (κ2) is 8.85. The molecular formula is C28H24N6S. The molecule has 7 heteroatoms. The van der Waals surface area contributed by atoms with Gasteiger partial charge in [0.1, 0.15) is 11.3 Å². The van der Waals surface area contributed by atoms with Crippen molar-refractivity contribution < 1.29 is 0 Å². The average Bonchev–Trinajstić information content (AvgIpc) is 3.63. The van der Waals surface area contributed by atoms with Crippen molar-refractivity contribution in [3.8, 4) is 33.0 Å². The zero-order valence-electron chi connectivity index (χ0n) is 19.3. The van der Waals surface area contributed by atoms with E-state index in [1.54, 1.807) is 11.3 Å². The van der Waals surface area contributed by atoms with E-state index in [0.29, 0.717) is 0 Å². The monoisotopic (exact) mass is 476 g/mol. The number of aromatic amines is 2. The first kappa shape index (κ1) is 21.3. The Bertz CT molecular complexity index is 1660. The third kappa shape index (κ3) is 4.00. The van der Waals surface area contributed by atoms with E-state index in [2.05, 4.69) is 97.9 Å². The molecule has 5 heterocycles. The van der Waals surface area contributed by atoms with Crippen LogP contribution in [0, 0.1) is 0 Å². The van der Waals surface area contributed by atoms with Crippen LogP contribution in [0.4, 0.5) is 5.69 Å². The Labute approximate surface area is 206 Å². The summed E-state index contributed by atoms with van der Waals surface area (Å²) in [6.45, 7) is 6.25. The fourth-order valence-electron chi connectivity index (χ4n) is 4.43. The van der Waals surface area contributed by atoms with E-state index >= 15 is 0 Å². The van der Waals surface area contributed by atoms with Gasteiger partial charge in [0.25, 0.3) is 0 Å². The molecule has 0 fully saturated rings. The third-order valence-electron chi connectivity index (χ3n) is 6.08. The van der Waals surface area contributed by atoms with Crippen LogP contribution in [0.25, 0.3) is 54.9 Å². The van der Waals surface area contributed by atoms with E-state index in [4.69, 9.17) is 0 Å². The van der Waals surface area contributed by atoms with Crippen LogP contribution in [0.3, 0.4) is 0 Å². The lowest BCUT2D eigenvalue weighted by molar-refractivity contribution is 0.913. The number of nitrogens with one attached hydrogen (secondary N) is 3. The molecule has 0 unspecified atom stereocenters. The number of nitrogens with zero attached hydrogens (tertiary/aromatic N) is 3. The van der Waals surface area contributed by atoms with Crippen molar-refractivity contribution in [3.63, 3.8) is 0 Å². The largest absolute Gasteiger partial charge is 0.358 e. The van der Waals surface area contributed by atoms with Crippen LogP contribution in [-0.2, 0) is 0 Å². The maximum absolute atomic E-state index is 4.64. The molecule has 0 bridgehead atoms. The van der Waals surface area contributed by atoms with Gasteiger partial charge >= 0.3 is 0 Å². The van der Waals surface area contributed by atoms with Crippen molar-refractivity contribution >= 4 is 39.0 Å². The molecule has 35 heavy (non-hydrogen) atoms. The summed E-state index contributed by atoms with van der Waals surface area (Å²) in [4.78, 5) is 13.7. The molecule has 172 valence electrons. The minimum absolute atomic E-state index is 0.855. The second-order valence-electron chi connectivity index (χ2n) is 8.55. The number of pyridine rings is 2. The molecule has 0 radical (unpaired) electrons. The highest BCUT2D eigenvalue weighted by molar-refractivity contribution is 7.13. The lowest BCUT2D eigenvalue weighted by Gasteiger charge is -2.10. The molecule has 0 aliphatic carbocycles. The lowest BCUT2D eigenvalue weighted by Crippen LogP contribution is -1.98. The van der Waals surface area contributed by atoms with Gasteiger partial charge in [-0.2, -0.15) is 5.10 Å². The minimum atomic E-state index is 0.855. The summed E-state index contributed by atoms with van der Waals surface area (Å²) in [5.74, 6) is 0. The number of H-pyrrole nitrogens is 2. The van der Waals surface area contributed by atoms with E-state index in [0.717, 1.165) is 68.7 Å². The first-order valence-electron chi connectivity index (χ1n) is 11.6. The van der Waals surface area contributed by atoms with Gasteiger partial charge in [0.2, 0.25) is 0 Å². The normalized spacial score (nSPS) is 11.3. The van der Waals surface area contributed by atoms with Crippen molar-refractivity contribution in [1.82, 2.24) is 25.1 Å². The van der Waals surface area contributed by atoms with Gasteiger partial charge in [0, 0.05) is 44.9 Å². The van der Waals surface area contributed by atoms with Gasteiger partial charge in [-0.1, -0.05) is 32.1 Å². The Hall–Kier alpha value is -4.23. The van der Waals surface area contributed by atoms with Gasteiger partial charge in [-0.15, -0.1) is 11.3 Å². The van der Waals surface area contributed by atoms with Crippen molar-refractivity contribution in [3.05, 3.63) is 84.8 Å². The first-order valence-corrected chi connectivity index (χ1v) is 12.5. The van der Waals surface area contributed by atoms with Gasteiger partial charge in [-0.25, -0.2) is 4.98 Å². The van der Waals surface area contributed by atoms with E-state index in [1.807, 2.05) is 18.6 Å². The molecule has 0 amide bonds. The summed E-state index contributed by atoms with van der Waals surface area (Å²) < 4.78 is 0. The molecule has 0 saturated heterocycles. The predicted molar refractivity (Wildman–Crippen MR) is 145 cm³/mol. The topological polar surface area (TPSA) is 82.3 Å². The fourth-order valence-corrected chi connectivity index (χ4v) is 5.20. The van der Waals surface area contributed by atoms with Crippen molar-refractivity contribution in [2.45, 2.75) is 19.8 Å². The van der Waals surface area contributed by atoms with Crippen LogP contribution in [0.15, 0.2) is 84.8 Å². The third-order valence-corrected chi connectivity index (χ3v) is 6.98. The number of hydrogen-bond donors (Lipinski definition) is 3. The van der Waals surface area contributed by atoms with E-state index in [-0.39, 0.29) is 0 Å². The molecule has 6 aromatic rings. The van der Waals surface area contributed by atoms with Crippen LogP contribution < -0.4 is 5.32 Å². The Kier molecular flexibility index (Phi) is 5.39. The van der Waals surface area contributed by atoms with Crippen LogP contribution in [0.2, 0.25) is 0 Å². The van der Waals surface area contributed by atoms with Gasteiger partial charge in [0.15, 0.2) is 0 Å². The number of hydrogen-bond acceptors (Lipinski definition) is 5. The molecule has 0 aliphatic rings. The summed E-state index contributed by atoms with van der Waals surface area (Å²) in [5.41, 5.74) is 8.86. The number of rotatable bonds is 7. The Balaban J connectivity index is 1.40. The predicted octanol–water partition coefficient (Wildman–Crippen LogP) is 7.62. The number of anilines is 1. The maximum atomic E-state index is 4.64. The molecule has 1 aromatic carbocycles. The standard InChI is InChI=1S/C28H24N6S/c1-3-5-17(2)31-20-12-19(15-29-16-20)18-7-8-24-23(13-18)27(34-33-24)25-14-22-21(26-6-4-11-35-26)9-10-30-28(22)32-25/h4,6-16,31H,2-3,5H2,1H3,(H,30,32)(H,33,34). The molecule has 0 saturated carbocycles. The first-order chi connectivity index (χ1) is 17.2. The Morgan fingerprint density at radius 2 is 2.00 bits per heavy atom. The highest BCUT2D eigenvalue weighted by atomic mass is 32.1. The molecule has 5 aromatic heterocycles. The zero-order valence-corrected chi connectivity index (χ0v) is 20.1. The van der Waals surface area contributed by atoms with Crippen molar-refractivity contribution in [2.24, 2.45) is 0 Å². The molecular weight excluding hydrogens is 452 g/mol. The number of thiophene rings is 1. The molecule has 6 rings (SSSR count). The molecule has 6 nitrogen and oxygen atoms in total. The van der Waals surface area contributed by atoms with Gasteiger partial charge in [-0.05, 0) is 53.8 Å². The summed E-state index contributed by atoms with van der Waals surface area (Å²) in [6, 6.07) is 16.8. The number of aromatic nitrogens is 5. The average molecular weight is 477 g/mol. The van der Waals surface area contributed by atoms with Crippen molar-refractivity contribution in [2.75, 3.05) is 5.32 Å². The molecule has 3 N–H and O–H groups in total. The fraction of sp³-hybridized carbons (Fsp3) is 0.107. The molecule has 0 aliphatic heterocycles. The smallest absolute Gasteiger partial charge is 0.138 e. The minimum Gasteiger partial charge on any atom is -0.358 e. The SMILES string of the molecule is C=C(CCC)Nc1cncc(-c2ccc3[nH]nc(-c4cc5c(-c6cccs6)ccnc5[nH]4)c3c2)c1. The van der Waals surface area contributed by atoms with E-state index in [9.17, 15) is 0 Å². The number of fused-ring (bicyclic) bond motifs is 2. The second-order valence-corrected chi connectivity index (χ2v) is 9.50. The zero-order chi connectivity index (χ0) is 23.8. The Morgan fingerprint density at radius 1 is 1.06 bits per heavy atom. The van der Waals surface area contributed by atoms with Crippen LogP contribution in [0.5, 0.6) is 0 Å². The highest BCUT2D eigenvalue weighted by Gasteiger charge is 2.15. The van der Waals surface area contributed by atoms with Gasteiger partial charge < -0.3 is 10.3 Å². The van der Waals surface area contributed by atoms with E-state index < -0.39 is 0 Å². The Morgan fingerprint density at radius 3 is 2.86 bits per heavy atom. The summed E-state index contributed by atoms with van der Waals surface area (Å²) in [6.07, 6.45) is 7.55. The molecule has 0 atom stereocenters. The highest BCUT2D eigenvalue weighted by Crippen LogP contribution is 2.36. The lowest BCUT2D eigenvalue weighted by atomic mass is 10.0.